The molecule has 0 saturated carbocycles. The Morgan fingerprint density at radius 3 is 2.19 bits per heavy atom. The topological polar surface area (TPSA) is 275 Å². The maximum atomic E-state index is 13.3. The Kier molecular flexibility index (Phi) is 10.7. The van der Waals surface area contributed by atoms with E-state index in [1.165, 1.54) is 12.5 Å². The molecule has 4 amide bonds. The van der Waals surface area contributed by atoms with Gasteiger partial charge in [0.05, 0.1) is 18.8 Å². The number of nitrogens with two attached hydrogens (primary N) is 2. The third-order valence-corrected chi connectivity index (χ3v) is 6.37. The number of carboxylic acids is 2. The number of H-pyrrole nitrogens is 2. The number of carbonyl (C=O) groups is 6. The average Bonchev–Trinajstić information content (AvgIpc) is 3.59. The zero-order valence-corrected chi connectivity index (χ0v) is 22.3. The van der Waals surface area contributed by atoms with Crippen LogP contribution in [0.25, 0.3) is 10.9 Å². The van der Waals surface area contributed by atoms with Gasteiger partial charge in [-0.15, -0.1) is 0 Å². The summed E-state index contributed by atoms with van der Waals surface area (Å²) in [7, 11) is 0. The van der Waals surface area contributed by atoms with Gasteiger partial charge in [-0.3, -0.25) is 24.0 Å². The Morgan fingerprint density at radius 1 is 0.881 bits per heavy atom. The summed E-state index contributed by atoms with van der Waals surface area (Å²) in [6, 6.07) is 1.60. The van der Waals surface area contributed by atoms with E-state index in [9.17, 15) is 33.9 Å². The summed E-state index contributed by atoms with van der Waals surface area (Å²) < 4.78 is 0. The molecular weight excluding hydrogens is 552 g/mol. The Morgan fingerprint density at radius 2 is 1.55 bits per heavy atom. The molecule has 0 aliphatic heterocycles. The van der Waals surface area contributed by atoms with Crippen molar-refractivity contribution >= 4 is 46.5 Å². The smallest absolute Gasteiger partial charge is 0.326 e. The molecule has 0 spiro atoms. The molecule has 0 aliphatic carbocycles. The maximum absolute atomic E-state index is 13.3. The van der Waals surface area contributed by atoms with Gasteiger partial charge >= 0.3 is 11.9 Å². The van der Waals surface area contributed by atoms with Crippen molar-refractivity contribution in [3.8, 4) is 0 Å². The number of imidazole rings is 1. The first-order valence-electron chi connectivity index (χ1n) is 12.9. The van der Waals surface area contributed by atoms with Gasteiger partial charge in [0.15, 0.2) is 0 Å². The molecule has 0 aliphatic rings. The molecule has 3 rings (SSSR count). The number of benzene rings is 1. The number of carbonyl (C=O) groups excluding carboxylic acids is 4. The van der Waals surface area contributed by atoms with Crippen LogP contribution in [0.3, 0.4) is 0 Å². The molecule has 16 nitrogen and oxygen atoms in total. The van der Waals surface area contributed by atoms with Crippen molar-refractivity contribution < 1.29 is 39.0 Å². The number of rotatable bonds is 16. The van der Waals surface area contributed by atoms with Gasteiger partial charge in [0.1, 0.15) is 18.1 Å². The first-order chi connectivity index (χ1) is 19.9. The van der Waals surface area contributed by atoms with E-state index in [1.807, 2.05) is 12.1 Å². The molecular formula is C26H32N8O8. The quantitative estimate of drug-likeness (QED) is 0.0918. The van der Waals surface area contributed by atoms with Gasteiger partial charge < -0.3 is 47.6 Å². The van der Waals surface area contributed by atoms with E-state index in [-0.39, 0.29) is 25.7 Å². The standard InChI is InChI=1S/C26H32N8O8/c27-16(9-22(36)37)23(38)33-19(8-14-11-29-12-31-14)25(40)32-18(5-6-21(28)35)24(39)34-20(26(41)42)7-13-10-30-17-4-2-1-3-15(13)17/h1-4,10-12,16,18-20,30H,5-9,27H2,(H2,28,35)(H,29,31)(H,32,40)(H,33,38)(H,34,39)(H,36,37)(H,41,42). The van der Waals surface area contributed by atoms with Crippen LogP contribution in [0, 0.1) is 0 Å². The lowest BCUT2D eigenvalue weighted by Crippen LogP contribution is -2.58. The lowest BCUT2D eigenvalue weighted by Gasteiger charge is -2.25. The maximum Gasteiger partial charge on any atom is 0.326 e. The number of primary amides is 1. The normalized spacial score (nSPS) is 13.8. The van der Waals surface area contributed by atoms with E-state index in [4.69, 9.17) is 16.6 Å². The highest BCUT2D eigenvalue weighted by atomic mass is 16.4. The summed E-state index contributed by atoms with van der Waals surface area (Å²) in [5, 5.41) is 26.7. The molecule has 224 valence electrons. The van der Waals surface area contributed by atoms with Crippen LogP contribution >= 0.6 is 0 Å². The molecule has 11 N–H and O–H groups in total. The second-order valence-electron chi connectivity index (χ2n) is 9.58. The SMILES string of the molecule is NC(=O)CCC(NC(=O)C(Cc1cnc[nH]1)NC(=O)C(N)CC(=O)O)C(=O)NC(Cc1c[nH]c2ccccc12)C(=O)O. The van der Waals surface area contributed by atoms with Crippen molar-refractivity contribution in [3.63, 3.8) is 0 Å². The van der Waals surface area contributed by atoms with Crippen LogP contribution in [0.15, 0.2) is 43.0 Å². The predicted octanol–water partition coefficient (Wildman–Crippen LogP) is -1.72. The Bertz CT molecular complexity index is 1440. The molecule has 4 atom stereocenters. The number of fused-ring (bicyclic) bond motifs is 1. The molecule has 42 heavy (non-hydrogen) atoms. The van der Waals surface area contributed by atoms with Gasteiger partial charge in [-0.25, -0.2) is 9.78 Å². The summed E-state index contributed by atoms with van der Waals surface area (Å²) in [6.07, 6.45) is 2.86. The number of nitrogens with one attached hydrogen (secondary N) is 5. The predicted molar refractivity (Wildman–Crippen MR) is 146 cm³/mol. The van der Waals surface area contributed by atoms with E-state index < -0.39 is 66.2 Å². The number of amides is 4. The fourth-order valence-corrected chi connectivity index (χ4v) is 4.21. The number of nitrogens with zero attached hydrogens (tertiary/aromatic N) is 1. The minimum absolute atomic E-state index is 0.0818. The molecule has 0 fully saturated rings. The van der Waals surface area contributed by atoms with Crippen LogP contribution in [-0.2, 0) is 41.6 Å². The molecule has 1 aromatic carbocycles. The van der Waals surface area contributed by atoms with E-state index in [0.717, 1.165) is 10.9 Å². The van der Waals surface area contributed by atoms with E-state index in [2.05, 4.69) is 30.9 Å². The van der Waals surface area contributed by atoms with Crippen LogP contribution in [0.5, 0.6) is 0 Å². The monoisotopic (exact) mass is 584 g/mol. The van der Waals surface area contributed by atoms with Crippen molar-refractivity contribution in [1.29, 1.82) is 0 Å². The van der Waals surface area contributed by atoms with Crippen molar-refractivity contribution in [2.75, 3.05) is 0 Å². The Balaban J connectivity index is 1.78. The zero-order chi connectivity index (χ0) is 30.8. The van der Waals surface area contributed by atoms with Gasteiger partial charge in [-0.2, -0.15) is 0 Å². The van der Waals surface area contributed by atoms with Crippen LogP contribution in [0.4, 0.5) is 0 Å². The van der Waals surface area contributed by atoms with Crippen LogP contribution in [0.1, 0.15) is 30.5 Å². The minimum atomic E-state index is -1.46. The second-order valence-corrected chi connectivity index (χ2v) is 9.58. The molecule has 0 radical (unpaired) electrons. The summed E-state index contributed by atoms with van der Waals surface area (Å²) in [5.41, 5.74) is 12.7. The summed E-state index contributed by atoms with van der Waals surface area (Å²) >= 11 is 0. The van der Waals surface area contributed by atoms with Gasteiger partial charge in [-0.05, 0) is 18.1 Å². The van der Waals surface area contributed by atoms with Crippen molar-refractivity contribution in [2.24, 2.45) is 11.5 Å². The van der Waals surface area contributed by atoms with Crippen molar-refractivity contribution in [3.05, 3.63) is 54.2 Å². The highest BCUT2D eigenvalue weighted by Gasteiger charge is 2.31. The second kappa shape index (κ2) is 14.4. The van der Waals surface area contributed by atoms with Gasteiger partial charge in [0, 0.05) is 48.3 Å². The largest absolute Gasteiger partial charge is 0.481 e. The lowest BCUT2D eigenvalue weighted by atomic mass is 10.0. The lowest BCUT2D eigenvalue weighted by molar-refractivity contribution is -0.142. The summed E-state index contributed by atoms with van der Waals surface area (Å²) in [5.74, 6) is -6.13. The van der Waals surface area contributed by atoms with Crippen LogP contribution in [0.2, 0.25) is 0 Å². The minimum Gasteiger partial charge on any atom is -0.481 e. The fraction of sp³-hybridized carbons (Fsp3) is 0.346. The highest BCUT2D eigenvalue weighted by molar-refractivity contribution is 5.95. The molecule has 0 saturated heterocycles. The van der Waals surface area contributed by atoms with Gasteiger partial charge in [-0.1, -0.05) is 18.2 Å². The first kappa shape index (κ1) is 31.3. The molecule has 2 heterocycles. The molecule has 16 heteroatoms. The number of aromatic nitrogens is 3. The number of para-hydroxylation sites is 1. The zero-order valence-electron chi connectivity index (χ0n) is 22.3. The summed E-state index contributed by atoms with van der Waals surface area (Å²) in [6.45, 7) is 0. The van der Waals surface area contributed by atoms with Gasteiger partial charge in [0.25, 0.3) is 0 Å². The van der Waals surface area contributed by atoms with Crippen molar-refractivity contribution in [2.45, 2.75) is 56.3 Å². The molecule has 3 aromatic rings. The van der Waals surface area contributed by atoms with E-state index >= 15 is 0 Å². The first-order valence-corrected chi connectivity index (χ1v) is 12.9. The number of hydrogen-bond acceptors (Lipinski definition) is 8. The molecule has 0 bridgehead atoms. The Labute approximate surface area is 238 Å². The fourth-order valence-electron chi connectivity index (χ4n) is 4.21. The number of aliphatic carboxylic acids is 2. The third-order valence-electron chi connectivity index (χ3n) is 6.37. The van der Waals surface area contributed by atoms with Gasteiger partial charge in [0.2, 0.25) is 23.6 Å². The van der Waals surface area contributed by atoms with Crippen molar-refractivity contribution in [1.82, 2.24) is 30.9 Å². The summed E-state index contributed by atoms with van der Waals surface area (Å²) in [4.78, 5) is 83.2. The van der Waals surface area contributed by atoms with Crippen LogP contribution < -0.4 is 27.4 Å². The third kappa shape index (κ3) is 8.88. The number of hydrogen-bond donors (Lipinski definition) is 9. The highest BCUT2D eigenvalue weighted by Crippen LogP contribution is 2.19. The average molecular weight is 585 g/mol. The Hall–Kier alpha value is -5.25. The molecule has 4 unspecified atom stereocenters. The van der Waals surface area contributed by atoms with Crippen LogP contribution in [-0.4, -0.2) is 84.9 Å². The van der Waals surface area contributed by atoms with E-state index in [1.54, 1.807) is 18.3 Å². The molecule has 2 aromatic heterocycles. The number of aromatic amines is 2. The number of carboxylic acid groups (broad SMARTS) is 2. The van der Waals surface area contributed by atoms with E-state index in [0.29, 0.717) is 11.3 Å².